The molecule has 1 aliphatic carbocycles. The molecule has 1 aliphatic heterocycles. The molecule has 1 aromatic rings. The lowest BCUT2D eigenvalue weighted by molar-refractivity contribution is -0.134. The highest BCUT2D eigenvalue weighted by molar-refractivity contribution is 8.01. The molecule has 2 aliphatic rings. The molecule has 2 unspecified atom stereocenters. The van der Waals surface area contributed by atoms with Crippen LogP contribution in [0, 0.1) is 0 Å². The number of thioether (sulfide) groups is 1. The number of hydrogen-bond acceptors (Lipinski definition) is 6. The average Bonchev–Trinajstić information content (AvgIpc) is 3.01. The van der Waals surface area contributed by atoms with E-state index in [-0.39, 0.29) is 5.91 Å². The van der Waals surface area contributed by atoms with Gasteiger partial charge in [-0.25, -0.2) is 0 Å². The minimum absolute atomic E-state index is 0.233. The van der Waals surface area contributed by atoms with Gasteiger partial charge in [-0.15, -0.1) is 10.2 Å². The summed E-state index contributed by atoms with van der Waals surface area (Å²) in [7, 11) is 0. The molecule has 2 fully saturated rings. The molecule has 0 aromatic carbocycles. The molecule has 0 spiro atoms. The van der Waals surface area contributed by atoms with Crippen LogP contribution in [0.1, 0.15) is 65.2 Å². The number of anilines is 1. The van der Waals surface area contributed by atoms with Gasteiger partial charge in [-0.1, -0.05) is 42.4 Å². The van der Waals surface area contributed by atoms with E-state index in [1.165, 1.54) is 50.3 Å². The molecule has 1 N–H and O–H groups in total. The second-order valence-corrected chi connectivity index (χ2v) is 9.27. The number of amides is 1. The van der Waals surface area contributed by atoms with Gasteiger partial charge >= 0.3 is 0 Å². The van der Waals surface area contributed by atoms with E-state index in [0.717, 1.165) is 22.3 Å². The lowest BCUT2D eigenvalue weighted by Gasteiger charge is -2.39. The first-order valence-corrected chi connectivity index (χ1v) is 11.0. The Labute approximate surface area is 153 Å². The first-order valence-electron chi connectivity index (χ1n) is 9.17. The molecular formula is C17H28N4OS2. The van der Waals surface area contributed by atoms with Crippen molar-refractivity contribution in [2.75, 3.05) is 11.1 Å². The Balaban J connectivity index is 1.48. The first-order chi connectivity index (χ1) is 11.6. The van der Waals surface area contributed by atoms with E-state index in [4.69, 9.17) is 0 Å². The number of nitrogens with one attached hydrogen (secondary N) is 1. The Bertz CT molecular complexity index is 534. The average molecular weight is 369 g/mol. The summed E-state index contributed by atoms with van der Waals surface area (Å²) in [6.07, 6.45) is 9.88. The van der Waals surface area contributed by atoms with Gasteiger partial charge in [0, 0.05) is 18.1 Å². The van der Waals surface area contributed by atoms with Gasteiger partial charge < -0.3 is 10.2 Å². The van der Waals surface area contributed by atoms with Gasteiger partial charge in [-0.3, -0.25) is 4.79 Å². The molecule has 2 atom stereocenters. The van der Waals surface area contributed by atoms with E-state index in [0.29, 0.717) is 23.9 Å². The molecular weight excluding hydrogens is 340 g/mol. The fourth-order valence-corrected chi connectivity index (χ4v) is 5.56. The van der Waals surface area contributed by atoms with Crippen molar-refractivity contribution < 1.29 is 4.79 Å². The third-order valence-electron chi connectivity index (χ3n) is 5.14. The Morgan fingerprint density at radius 3 is 2.54 bits per heavy atom. The SMILES string of the molecule is CC1CCCC(C)N1C(=O)CSc1nnc(NC2CCCCC2)s1. The maximum absolute atomic E-state index is 12.6. The number of nitrogens with zero attached hydrogens (tertiary/aromatic N) is 3. The number of hydrogen-bond donors (Lipinski definition) is 1. The molecule has 5 nitrogen and oxygen atoms in total. The Morgan fingerprint density at radius 1 is 1.12 bits per heavy atom. The van der Waals surface area contributed by atoms with E-state index >= 15 is 0 Å². The summed E-state index contributed by atoms with van der Waals surface area (Å²) in [4.78, 5) is 14.6. The van der Waals surface area contributed by atoms with Crippen LogP contribution in [-0.4, -0.2) is 44.9 Å². The fourth-order valence-electron chi connectivity index (χ4n) is 3.86. The molecule has 0 radical (unpaired) electrons. The fraction of sp³-hybridized carbons (Fsp3) is 0.824. The smallest absolute Gasteiger partial charge is 0.233 e. The van der Waals surface area contributed by atoms with Crippen LogP contribution in [-0.2, 0) is 4.79 Å². The maximum Gasteiger partial charge on any atom is 0.233 e. The predicted molar refractivity (Wildman–Crippen MR) is 101 cm³/mol. The lowest BCUT2D eigenvalue weighted by atomic mass is 9.96. The number of rotatable bonds is 5. The Morgan fingerprint density at radius 2 is 1.83 bits per heavy atom. The van der Waals surface area contributed by atoms with E-state index in [9.17, 15) is 4.79 Å². The minimum atomic E-state index is 0.233. The van der Waals surface area contributed by atoms with Crippen LogP contribution in [0.25, 0.3) is 0 Å². The largest absolute Gasteiger partial charge is 0.357 e. The zero-order chi connectivity index (χ0) is 16.9. The van der Waals surface area contributed by atoms with Crippen molar-refractivity contribution in [1.82, 2.24) is 15.1 Å². The number of aromatic nitrogens is 2. The number of likely N-dealkylation sites (tertiary alicyclic amines) is 1. The van der Waals surface area contributed by atoms with E-state index < -0.39 is 0 Å². The summed E-state index contributed by atoms with van der Waals surface area (Å²) >= 11 is 3.10. The molecule has 2 heterocycles. The highest BCUT2D eigenvalue weighted by Crippen LogP contribution is 2.30. The summed E-state index contributed by atoms with van der Waals surface area (Å²) < 4.78 is 0.888. The molecule has 1 aromatic heterocycles. The van der Waals surface area contributed by atoms with Crippen molar-refractivity contribution in [2.45, 2.75) is 87.7 Å². The van der Waals surface area contributed by atoms with E-state index in [1.54, 1.807) is 11.3 Å². The van der Waals surface area contributed by atoms with Crippen molar-refractivity contribution in [2.24, 2.45) is 0 Å². The summed E-state index contributed by atoms with van der Waals surface area (Å²) in [6, 6.07) is 1.26. The van der Waals surface area contributed by atoms with E-state index in [1.807, 2.05) is 0 Å². The van der Waals surface area contributed by atoms with Crippen LogP contribution in [0.5, 0.6) is 0 Å². The maximum atomic E-state index is 12.6. The highest BCUT2D eigenvalue weighted by atomic mass is 32.2. The van der Waals surface area contributed by atoms with Gasteiger partial charge in [-0.05, 0) is 46.0 Å². The van der Waals surface area contributed by atoms with Gasteiger partial charge in [0.15, 0.2) is 4.34 Å². The topological polar surface area (TPSA) is 58.1 Å². The van der Waals surface area contributed by atoms with Crippen LogP contribution < -0.4 is 5.32 Å². The van der Waals surface area contributed by atoms with Crippen molar-refractivity contribution in [3.05, 3.63) is 0 Å². The van der Waals surface area contributed by atoms with Gasteiger partial charge in [0.25, 0.3) is 0 Å². The normalized spacial score (nSPS) is 25.7. The quantitative estimate of drug-likeness (QED) is 0.791. The summed E-state index contributed by atoms with van der Waals surface area (Å²) in [5.41, 5.74) is 0. The molecule has 24 heavy (non-hydrogen) atoms. The van der Waals surface area contributed by atoms with Crippen molar-refractivity contribution in [3.63, 3.8) is 0 Å². The standard InChI is InChI=1S/C17H28N4OS2/c1-12-7-6-8-13(2)21(12)15(22)11-23-17-20-19-16(24-17)18-14-9-4-3-5-10-14/h12-14H,3-11H2,1-2H3,(H,18,19). The third kappa shape index (κ3) is 4.63. The highest BCUT2D eigenvalue weighted by Gasteiger charge is 2.28. The summed E-state index contributed by atoms with van der Waals surface area (Å²) in [6.45, 7) is 4.32. The van der Waals surface area contributed by atoms with Gasteiger partial charge in [-0.2, -0.15) is 0 Å². The summed E-state index contributed by atoms with van der Waals surface area (Å²) in [5, 5.41) is 12.9. The molecule has 3 rings (SSSR count). The zero-order valence-corrected chi connectivity index (χ0v) is 16.3. The second kappa shape index (κ2) is 8.52. The number of piperidine rings is 1. The van der Waals surface area contributed by atoms with Gasteiger partial charge in [0.05, 0.1) is 5.75 Å². The molecule has 1 saturated carbocycles. The van der Waals surface area contributed by atoms with Crippen LogP contribution in [0.15, 0.2) is 4.34 Å². The van der Waals surface area contributed by atoms with Crippen LogP contribution >= 0.6 is 23.1 Å². The molecule has 0 bridgehead atoms. The number of carbonyl (C=O) groups is 1. The van der Waals surface area contributed by atoms with Crippen LogP contribution in [0.4, 0.5) is 5.13 Å². The van der Waals surface area contributed by atoms with Crippen molar-refractivity contribution in [1.29, 1.82) is 0 Å². The second-order valence-electron chi connectivity index (χ2n) is 7.07. The molecule has 1 amide bonds. The Hall–Kier alpha value is -0.820. The van der Waals surface area contributed by atoms with Crippen molar-refractivity contribution in [3.8, 4) is 0 Å². The zero-order valence-electron chi connectivity index (χ0n) is 14.7. The van der Waals surface area contributed by atoms with Crippen LogP contribution in [0.3, 0.4) is 0 Å². The number of carbonyl (C=O) groups excluding carboxylic acids is 1. The lowest BCUT2D eigenvalue weighted by Crippen LogP contribution is -2.48. The van der Waals surface area contributed by atoms with E-state index in [2.05, 4.69) is 34.3 Å². The van der Waals surface area contributed by atoms with Crippen LogP contribution in [0.2, 0.25) is 0 Å². The third-order valence-corrected chi connectivity index (χ3v) is 7.11. The van der Waals surface area contributed by atoms with Gasteiger partial charge in [0.2, 0.25) is 11.0 Å². The van der Waals surface area contributed by atoms with Gasteiger partial charge in [0.1, 0.15) is 0 Å². The monoisotopic (exact) mass is 368 g/mol. The molecule has 134 valence electrons. The summed E-state index contributed by atoms with van der Waals surface area (Å²) in [5.74, 6) is 0.698. The van der Waals surface area contributed by atoms with Crippen molar-refractivity contribution >= 4 is 34.1 Å². The Kier molecular flexibility index (Phi) is 6.38. The molecule has 7 heteroatoms. The minimum Gasteiger partial charge on any atom is -0.357 e. The molecule has 1 saturated heterocycles. The predicted octanol–water partition coefficient (Wildman–Crippen LogP) is 4.16. The first kappa shape index (κ1) is 18.0.